The van der Waals surface area contributed by atoms with Crippen LogP contribution in [0, 0.1) is 5.82 Å². The van der Waals surface area contributed by atoms with Crippen molar-refractivity contribution in [1.29, 1.82) is 0 Å². The largest absolute Gasteiger partial charge is 0.493 e. The molecule has 0 aliphatic carbocycles. The van der Waals surface area contributed by atoms with Gasteiger partial charge < -0.3 is 4.74 Å². The first-order chi connectivity index (χ1) is 7.34. The molecule has 1 aromatic heterocycles. The van der Waals surface area contributed by atoms with Crippen LogP contribution in [0.15, 0.2) is 36.7 Å². The van der Waals surface area contributed by atoms with E-state index < -0.39 is 0 Å². The van der Waals surface area contributed by atoms with Crippen molar-refractivity contribution in [3.05, 3.63) is 48.0 Å². The van der Waals surface area contributed by atoms with Crippen molar-refractivity contribution in [2.45, 2.75) is 6.42 Å². The van der Waals surface area contributed by atoms with Crippen LogP contribution in [0.3, 0.4) is 0 Å². The van der Waals surface area contributed by atoms with Gasteiger partial charge in [-0.2, -0.15) is 5.10 Å². The third-order valence-electron chi connectivity index (χ3n) is 2.01. The van der Waals surface area contributed by atoms with Crippen LogP contribution in [0.25, 0.3) is 0 Å². The van der Waals surface area contributed by atoms with Crippen molar-refractivity contribution in [1.82, 2.24) is 10.2 Å². The highest BCUT2D eigenvalue weighted by molar-refractivity contribution is 5.22. The molecule has 0 aliphatic heterocycles. The minimum absolute atomic E-state index is 0.282. The number of aromatic amines is 1. The van der Waals surface area contributed by atoms with Crippen LogP contribution in [-0.4, -0.2) is 16.8 Å². The fraction of sp³-hybridized carbons (Fsp3) is 0.182. The Balaban J connectivity index is 1.83. The molecule has 3 nitrogen and oxygen atoms in total. The van der Waals surface area contributed by atoms with Gasteiger partial charge in [0.2, 0.25) is 0 Å². The highest BCUT2D eigenvalue weighted by Gasteiger charge is 1.97. The maximum Gasteiger partial charge on any atom is 0.126 e. The van der Waals surface area contributed by atoms with Crippen LogP contribution in [0.4, 0.5) is 4.39 Å². The number of benzene rings is 1. The van der Waals surface area contributed by atoms with Crippen molar-refractivity contribution >= 4 is 0 Å². The van der Waals surface area contributed by atoms with E-state index in [9.17, 15) is 4.39 Å². The third-order valence-corrected chi connectivity index (χ3v) is 2.01. The molecule has 2 rings (SSSR count). The van der Waals surface area contributed by atoms with E-state index in [4.69, 9.17) is 4.74 Å². The molecular weight excluding hydrogens is 195 g/mol. The molecular formula is C11H11FN2O. The third kappa shape index (κ3) is 2.80. The fourth-order valence-electron chi connectivity index (χ4n) is 1.26. The summed E-state index contributed by atoms with van der Waals surface area (Å²) >= 11 is 0. The normalized spacial score (nSPS) is 10.2. The van der Waals surface area contributed by atoms with Crippen LogP contribution < -0.4 is 4.74 Å². The fourth-order valence-corrected chi connectivity index (χ4v) is 1.26. The molecule has 1 N–H and O–H groups in total. The Hall–Kier alpha value is -1.84. The number of ether oxygens (including phenoxy) is 1. The summed E-state index contributed by atoms with van der Waals surface area (Å²) in [6, 6.07) is 6.12. The van der Waals surface area contributed by atoms with Crippen LogP contribution in [0.1, 0.15) is 5.56 Å². The number of nitrogens with one attached hydrogen (secondary N) is 1. The first-order valence-electron chi connectivity index (χ1n) is 4.70. The van der Waals surface area contributed by atoms with E-state index >= 15 is 0 Å². The maximum atomic E-state index is 12.8. The second-order valence-corrected chi connectivity index (χ2v) is 3.16. The second-order valence-electron chi connectivity index (χ2n) is 3.16. The van der Waals surface area contributed by atoms with Crippen LogP contribution in [0.2, 0.25) is 0 Å². The van der Waals surface area contributed by atoms with Crippen molar-refractivity contribution in [2.75, 3.05) is 6.61 Å². The van der Waals surface area contributed by atoms with E-state index in [1.165, 1.54) is 12.1 Å². The lowest BCUT2D eigenvalue weighted by atomic mass is 10.3. The number of nitrogens with zero attached hydrogens (tertiary/aromatic N) is 1. The maximum absolute atomic E-state index is 12.8. The Morgan fingerprint density at radius 1 is 1.40 bits per heavy atom. The van der Waals surface area contributed by atoms with Crippen molar-refractivity contribution in [3.63, 3.8) is 0 Å². The van der Waals surface area contributed by atoms with Crippen molar-refractivity contribution in [2.24, 2.45) is 0 Å². The van der Waals surface area contributed by atoms with Gasteiger partial charge in [0.25, 0.3) is 0 Å². The van der Waals surface area contributed by atoms with E-state index in [1.807, 2.05) is 6.20 Å². The molecule has 1 aromatic carbocycles. The van der Waals surface area contributed by atoms with Crippen LogP contribution in [-0.2, 0) is 6.42 Å². The molecule has 0 fully saturated rings. The number of hydrogen-bond acceptors (Lipinski definition) is 2. The van der Waals surface area contributed by atoms with Gasteiger partial charge in [0.15, 0.2) is 0 Å². The van der Waals surface area contributed by atoms with Gasteiger partial charge in [0.05, 0.1) is 12.8 Å². The zero-order valence-corrected chi connectivity index (χ0v) is 8.11. The number of H-pyrrole nitrogens is 1. The topological polar surface area (TPSA) is 37.9 Å². The molecule has 0 radical (unpaired) electrons. The molecule has 15 heavy (non-hydrogen) atoms. The highest BCUT2D eigenvalue weighted by atomic mass is 19.1. The predicted octanol–water partition coefficient (Wildman–Crippen LogP) is 2.17. The Bertz CT molecular complexity index is 414. The molecule has 1 heterocycles. The molecule has 0 aliphatic rings. The molecule has 4 heteroatoms. The molecule has 0 amide bonds. The Kier molecular flexibility index (Phi) is 2.97. The van der Waals surface area contributed by atoms with E-state index in [0.29, 0.717) is 12.4 Å². The molecule has 0 bridgehead atoms. The summed E-state index contributed by atoms with van der Waals surface area (Å²) in [4.78, 5) is 0. The average molecular weight is 206 g/mol. The van der Waals surface area contributed by atoms with Gasteiger partial charge in [-0.25, -0.2) is 4.39 Å². The zero-order chi connectivity index (χ0) is 10.5. The minimum Gasteiger partial charge on any atom is -0.493 e. The van der Waals surface area contributed by atoms with E-state index in [2.05, 4.69) is 10.2 Å². The lowest BCUT2D eigenvalue weighted by molar-refractivity contribution is 0.320. The number of hydrogen-bond donors (Lipinski definition) is 1. The van der Waals surface area contributed by atoms with Gasteiger partial charge >= 0.3 is 0 Å². The highest BCUT2D eigenvalue weighted by Crippen LogP contribution is 2.12. The lowest BCUT2D eigenvalue weighted by Gasteiger charge is -2.04. The predicted molar refractivity (Wildman–Crippen MR) is 54.2 cm³/mol. The van der Waals surface area contributed by atoms with Gasteiger partial charge in [-0.3, -0.25) is 5.10 Å². The van der Waals surface area contributed by atoms with Crippen molar-refractivity contribution in [3.8, 4) is 5.75 Å². The lowest BCUT2D eigenvalue weighted by Crippen LogP contribution is -2.00. The molecule has 0 atom stereocenters. The summed E-state index contributed by atoms with van der Waals surface area (Å²) in [7, 11) is 0. The quantitative estimate of drug-likeness (QED) is 0.832. The second kappa shape index (κ2) is 4.59. The Labute approximate surface area is 86.9 Å². The first-order valence-corrected chi connectivity index (χ1v) is 4.70. The van der Waals surface area contributed by atoms with Crippen LogP contribution in [0.5, 0.6) is 5.75 Å². The van der Waals surface area contributed by atoms with Gasteiger partial charge in [0, 0.05) is 18.7 Å². The minimum atomic E-state index is -0.282. The molecule has 2 aromatic rings. The number of rotatable bonds is 4. The van der Waals surface area contributed by atoms with Gasteiger partial charge in [-0.05, 0) is 17.7 Å². The molecule has 0 spiro atoms. The first kappa shape index (κ1) is 9.71. The smallest absolute Gasteiger partial charge is 0.126 e. The van der Waals surface area contributed by atoms with Gasteiger partial charge in [-0.15, -0.1) is 0 Å². The molecule has 0 unspecified atom stereocenters. The molecule has 0 saturated carbocycles. The molecule has 0 saturated heterocycles. The summed E-state index contributed by atoms with van der Waals surface area (Å²) in [6.45, 7) is 0.517. The molecule has 78 valence electrons. The van der Waals surface area contributed by atoms with Crippen molar-refractivity contribution < 1.29 is 9.13 Å². The zero-order valence-electron chi connectivity index (χ0n) is 8.11. The van der Waals surface area contributed by atoms with Crippen LogP contribution >= 0.6 is 0 Å². The monoisotopic (exact) mass is 206 g/mol. The summed E-state index contributed by atoms with van der Waals surface area (Å²) in [5, 5.41) is 6.54. The average Bonchev–Trinajstić information content (AvgIpc) is 2.71. The van der Waals surface area contributed by atoms with E-state index in [0.717, 1.165) is 12.0 Å². The number of aromatic nitrogens is 2. The van der Waals surface area contributed by atoms with E-state index in [-0.39, 0.29) is 5.82 Å². The Morgan fingerprint density at radius 3 is 3.07 bits per heavy atom. The SMILES string of the molecule is Fc1cccc(OCCc2cn[nH]c2)c1. The summed E-state index contributed by atoms with van der Waals surface area (Å²) in [6.07, 6.45) is 4.32. The van der Waals surface area contributed by atoms with Gasteiger partial charge in [-0.1, -0.05) is 6.07 Å². The summed E-state index contributed by atoms with van der Waals surface area (Å²) in [5.74, 6) is 0.273. The van der Waals surface area contributed by atoms with E-state index in [1.54, 1.807) is 18.3 Å². The van der Waals surface area contributed by atoms with Gasteiger partial charge in [0.1, 0.15) is 11.6 Å². The summed E-state index contributed by atoms with van der Waals surface area (Å²) in [5.41, 5.74) is 1.08. The summed E-state index contributed by atoms with van der Waals surface area (Å²) < 4.78 is 18.2. The Morgan fingerprint density at radius 2 is 2.33 bits per heavy atom. The standard InChI is InChI=1S/C11H11FN2O/c12-10-2-1-3-11(6-10)15-5-4-9-7-13-14-8-9/h1-3,6-8H,4-5H2,(H,13,14). The number of halogens is 1.